The second-order valence-electron chi connectivity index (χ2n) is 7.38. The topological polar surface area (TPSA) is 135 Å². The van der Waals surface area contributed by atoms with Crippen LogP contribution in [0.2, 0.25) is 0 Å². The van der Waals surface area contributed by atoms with Crippen LogP contribution < -0.4 is 10.1 Å². The van der Waals surface area contributed by atoms with Crippen molar-refractivity contribution in [3.63, 3.8) is 0 Å². The van der Waals surface area contributed by atoms with Crippen molar-refractivity contribution in [1.29, 1.82) is 0 Å². The molecule has 2 aromatic rings. The summed E-state index contributed by atoms with van der Waals surface area (Å²) >= 11 is 4.66. The lowest BCUT2D eigenvalue weighted by Crippen LogP contribution is -2.70. The van der Waals surface area contributed by atoms with E-state index >= 15 is 0 Å². The fraction of sp³-hybridized carbons (Fsp3) is 0.273. The molecule has 1 aromatic heterocycles. The number of hydrogen-bond donors (Lipinski definition) is 2. The number of nitrogens with zero attached hydrogens (tertiary/aromatic N) is 1. The van der Waals surface area contributed by atoms with Gasteiger partial charge in [0, 0.05) is 18.2 Å². The van der Waals surface area contributed by atoms with E-state index in [1.165, 1.54) is 24.8 Å². The molecule has 0 spiro atoms. The number of benzene rings is 1. The Labute approximate surface area is 206 Å². The van der Waals surface area contributed by atoms with E-state index in [0.717, 1.165) is 9.37 Å². The summed E-state index contributed by atoms with van der Waals surface area (Å²) in [5, 5.41) is 11.6. The SMILES string of the molecule is CC(=O)OCC1=C(C(=O)O)N2C(=O)[C@H](NC(=O)c3ccc(COc4ccccc4Br)o3)[C@H]2SC1. The third-order valence-corrected chi connectivity index (χ3v) is 7.07. The molecule has 2 aliphatic heterocycles. The van der Waals surface area contributed by atoms with Crippen molar-refractivity contribution in [3.05, 3.63) is 63.7 Å². The van der Waals surface area contributed by atoms with Crippen LogP contribution in [-0.2, 0) is 25.7 Å². The summed E-state index contributed by atoms with van der Waals surface area (Å²) in [5.74, 6) is -1.73. The number of halogens is 1. The second kappa shape index (κ2) is 9.94. The van der Waals surface area contributed by atoms with E-state index in [9.17, 15) is 24.3 Å². The number of amides is 2. The van der Waals surface area contributed by atoms with Crippen molar-refractivity contribution >= 4 is 51.4 Å². The molecule has 2 N–H and O–H groups in total. The van der Waals surface area contributed by atoms with Crippen LogP contribution in [0.4, 0.5) is 0 Å². The molecular weight excluding hydrogens is 532 g/mol. The molecule has 2 amide bonds. The van der Waals surface area contributed by atoms with Crippen LogP contribution in [0.25, 0.3) is 0 Å². The first-order chi connectivity index (χ1) is 16.3. The zero-order valence-electron chi connectivity index (χ0n) is 17.8. The molecule has 0 unspecified atom stereocenters. The van der Waals surface area contributed by atoms with Crippen molar-refractivity contribution in [1.82, 2.24) is 10.2 Å². The summed E-state index contributed by atoms with van der Waals surface area (Å²) < 4.78 is 16.9. The first kappa shape index (κ1) is 23.9. The van der Waals surface area contributed by atoms with E-state index in [1.54, 1.807) is 12.1 Å². The van der Waals surface area contributed by atoms with Gasteiger partial charge in [0.15, 0.2) is 5.76 Å². The lowest BCUT2D eigenvalue weighted by Gasteiger charge is -2.49. The quantitative estimate of drug-likeness (QED) is 0.375. The first-order valence-corrected chi connectivity index (χ1v) is 11.9. The number of thioether (sulfide) groups is 1. The number of carbonyl (C=O) groups is 4. The molecule has 178 valence electrons. The average Bonchev–Trinajstić information content (AvgIpc) is 3.28. The maximum Gasteiger partial charge on any atom is 0.352 e. The van der Waals surface area contributed by atoms with Crippen molar-refractivity contribution in [2.45, 2.75) is 24.9 Å². The number of β-lactam (4-membered cyclic amide) rings is 1. The number of furan rings is 1. The number of carboxylic acids is 1. The predicted octanol–water partition coefficient (Wildman–Crippen LogP) is 2.54. The van der Waals surface area contributed by atoms with Gasteiger partial charge in [-0.3, -0.25) is 19.3 Å². The Morgan fingerprint density at radius 2 is 2.00 bits per heavy atom. The van der Waals surface area contributed by atoms with Crippen LogP contribution >= 0.6 is 27.7 Å². The number of para-hydroxylation sites is 1. The van der Waals surface area contributed by atoms with Gasteiger partial charge in [0.25, 0.3) is 11.8 Å². The summed E-state index contributed by atoms with van der Waals surface area (Å²) in [6, 6.07) is 9.47. The minimum absolute atomic E-state index is 0.00216. The number of carboxylic acid groups (broad SMARTS) is 1. The molecule has 2 atom stereocenters. The lowest BCUT2D eigenvalue weighted by atomic mass is 10.0. The Morgan fingerprint density at radius 1 is 1.24 bits per heavy atom. The highest BCUT2D eigenvalue weighted by atomic mass is 79.9. The molecule has 2 aliphatic rings. The smallest absolute Gasteiger partial charge is 0.352 e. The van der Waals surface area contributed by atoms with Crippen molar-refractivity contribution in [2.75, 3.05) is 12.4 Å². The maximum atomic E-state index is 12.7. The van der Waals surface area contributed by atoms with Crippen molar-refractivity contribution < 1.29 is 38.2 Å². The van der Waals surface area contributed by atoms with Crippen LogP contribution in [0.15, 0.2) is 56.6 Å². The molecule has 1 fully saturated rings. The number of carbonyl (C=O) groups excluding carboxylic acids is 3. The fourth-order valence-corrected chi connectivity index (χ4v) is 5.21. The van der Waals surface area contributed by atoms with Gasteiger partial charge in [0.05, 0.1) is 4.47 Å². The fourth-order valence-electron chi connectivity index (χ4n) is 3.48. The molecule has 1 aromatic carbocycles. The van der Waals surface area contributed by atoms with Gasteiger partial charge in [-0.1, -0.05) is 12.1 Å². The molecule has 3 heterocycles. The highest BCUT2D eigenvalue weighted by Gasteiger charge is 2.54. The Balaban J connectivity index is 1.39. The number of nitrogens with one attached hydrogen (secondary N) is 1. The summed E-state index contributed by atoms with van der Waals surface area (Å²) in [5.41, 5.74) is 0.104. The number of fused-ring (bicyclic) bond motifs is 1. The predicted molar refractivity (Wildman–Crippen MR) is 123 cm³/mol. The number of hydrogen-bond acceptors (Lipinski definition) is 8. The largest absolute Gasteiger partial charge is 0.484 e. The van der Waals surface area contributed by atoms with E-state index in [-0.39, 0.29) is 30.4 Å². The van der Waals surface area contributed by atoms with Crippen LogP contribution in [-0.4, -0.2) is 57.5 Å². The van der Waals surface area contributed by atoms with Crippen LogP contribution in [0.3, 0.4) is 0 Å². The van der Waals surface area contributed by atoms with Crippen molar-refractivity contribution in [3.8, 4) is 5.75 Å². The zero-order chi connectivity index (χ0) is 24.4. The number of esters is 1. The Hall–Kier alpha value is -3.25. The number of ether oxygens (including phenoxy) is 2. The Kier molecular flexibility index (Phi) is 6.98. The molecular formula is C22H19BrN2O8S. The van der Waals surface area contributed by atoms with E-state index in [0.29, 0.717) is 17.1 Å². The van der Waals surface area contributed by atoms with Gasteiger partial charge in [-0.25, -0.2) is 4.79 Å². The normalized spacial score (nSPS) is 19.2. The van der Waals surface area contributed by atoms with Gasteiger partial charge >= 0.3 is 11.9 Å². The molecule has 0 saturated carbocycles. The van der Waals surface area contributed by atoms with Gasteiger partial charge < -0.3 is 24.3 Å². The van der Waals surface area contributed by atoms with E-state index in [1.807, 2.05) is 18.2 Å². The number of rotatable bonds is 8. The molecule has 4 rings (SSSR count). The van der Waals surface area contributed by atoms with E-state index < -0.39 is 35.2 Å². The highest BCUT2D eigenvalue weighted by molar-refractivity contribution is 9.10. The van der Waals surface area contributed by atoms with Crippen LogP contribution in [0, 0.1) is 0 Å². The third-order valence-electron chi connectivity index (χ3n) is 5.08. The Morgan fingerprint density at radius 3 is 2.71 bits per heavy atom. The minimum atomic E-state index is -1.30. The summed E-state index contributed by atoms with van der Waals surface area (Å²) in [6.45, 7) is 1.10. The molecule has 12 heteroatoms. The Bertz CT molecular complexity index is 1190. The van der Waals surface area contributed by atoms with Gasteiger partial charge in [-0.2, -0.15) is 0 Å². The highest BCUT2D eigenvalue weighted by Crippen LogP contribution is 2.40. The van der Waals surface area contributed by atoms with Gasteiger partial charge in [0.1, 0.15) is 41.8 Å². The molecule has 10 nitrogen and oxygen atoms in total. The molecule has 0 aliphatic carbocycles. The second-order valence-corrected chi connectivity index (χ2v) is 9.34. The van der Waals surface area contributed by atoms with Crippen LogP contribution in [0.5, 0.6) is 5.75 Å². The summed E-state index contributed by atoms with van der Waals surface area (Å²) in [4.78, 5) is 49.3. The standard InChI is InChI=1S/C22H19BrN2O8S/c1-11(26)31-8-12-10-34-21-17(20(28)25(21)18(12)22(29)30)24-19(27)16-7-6-13(33-16)9-32-15-5-3-2-4-14(15)23/h2-7,17,21H,8-10H2,1H3,(H,24,27)(H,29,30)/t17-,21+/m0/s1. The lowest BCUT2D eigenvalue weighted by molar-refractivity contribution is -0.149. The number of aliphatic carboxylic acids is 1. The van der Waals surface area contributed by atoms with Crippen LogP contribution in [0.1, 0.15) is 23.2 Å². The zero-order valence-corrected chi connectivity index (χ0v) is 20.2. The van der Waals surface area contributed by atoms with E-state index in [2.05, 4.69) is 21.2 Å². The maximum absolute atomic E-state index is 12.7. The molecule has 0 radical (unpaired) electrons. The van der Waals surface area contributed by atoms with Crippen molar-refractivity contribution in [2.24, 2.45) is 0 Å². The monoisotopic (exact) mass is 550 g/mol. The minimum Gasteiger partial charge on any atom is -0.484 e. The summed E-state index contributed by atoms with van der Waals surface area (Å²) in [6.07, 6.45) is 0. The molecule has 34 heavy (non-hydrogen) atoms. The van der Waals surface area contributed by atoms with Gasteiger partial charge in [0.2, 0.25) is 0 Å². The average molecular weight is 551 g/mol. The molecule has 1 saturated heterocycles. The first-order valence-electron chi connectivity index (χ1n) is 10.1. The van der Waals surface area contributed by atoms with Gasteiger partial charge in [-0.15, -0.1) is 11.8 Å². The van der Waals surface area contributed by atoms with Gasteiger partial charge in [-0.05, 0) is 40.2 Å². The molecule has 0 bridgehead atoms. The summed E-state index contributed by atoms with van der Waals surface area (Å²) in [7, 11) is 0. The third kappa shape index (κ3) is 4.82. The van der Waals surface area contributed by atoms with E-state index in [4.69, 9.17) is 13.9 Å².